The predicted octanol–water partition coefficient (Wildman–Crippen LogP) is 4.24. The first-order chi connectivity index (χ1) is 8.72. The van der Waals surface area contributed by atoms with Crippen LogP contribution in [0.4, 0.5) is 4.39 Å². The van der Waals surface area contributed by atoms with Gasteiger partial charge in [0.15, 0.2) is 0 Å². The van der Waals surface area contributed by atoms with Crippen LogP contribution in [-0.4, -0.2) is 12.1 Å². The van der Waals surface area contributed by atoms with E-state index in [9.17, 15) is 4.39 Å². The molecule has 0 unspecified atom stereocenters. The van der Waals surface area contributed by atoms with Crippen LogP contribution in [0.2, 0.25) is 0 Å². The van der Waals surface area contributed by atoms with Gasteiger partial charge in [-0.2, -0.15) is 0 Å². The van der Waals surface area contributed by atoms with Gasteiger partial charge in [0.05, 0.1) is 0 Å². The van der Waals surface area contributed by atoms with E-state index in [0.29, 0.717) is 12.1 Å². The Labute approximate surface area is 110 Å². The van der Waals surface area contributed by atoms with Gasteiger partial charge in [-0.25, -0.2) is 4.39 Å². The highest BCUT2D eigenvalue weighted by Gasteiger charge is 2.26. The van der Waals surface area contributed by atoms with Crippen molar-refractivity contribution in [2.45, 2.75) is 64.0 Å². The normalized spacial score (nSPS) is 25.9. The number of hydrogen-bond donors (Lipinski definition) is 1. The SMILES string of the molecule is CCC[C@@H]1CCC[C@H]([C@@H](C)c2ccccc2F)N1. The highest BCUT2D eigenvalue weighted by molar-refractivity contribution is 5.23. The van der Waals surface area contributed by atoms with Crippen LogP contribution in [0.25, 0.3) is 0 Å². The number of halogens is 1. The molecule has 0 bridgehead atoms. The summed E-state index contributed by atoms with van der Waals surface area (Å²) in [6.07, 6.45) is 6.16. The Bertz CT molecular complexity index is 375. The molecule has 2 heteroatoms. The summed E-state index contributed by atoms with van der Waals surface area (Å²) in [5.74, 6) is 0.190. The predicted molar refractivity (Wildman–Crippen MR) is 74.3 cm³/mol. The van der Waals surface area contributed by atoms with Crippen molar-refractivity contribution in [3.05, 3.63) is 35.6 Å². The first-order valence-corrected chi connectivity index (χ1v) is 7.22. The van der Waals surface area contributed by atoms with Crippen LogP contribution >= 0.6 is 0 Å². The number of piperidine rings is 1. The van der Waals surface area contributed by atoms with Gasteiger partial charge < -0.3 is 5.32 Å². The summed E-state index contributed by atoms with van der Waals surface area (Å²) in [6, 6.07) is 8.24. The van der Waals surface area contributed by atoms with Crippen LogP contribution in [0.5, 0.6) is 0 Å². The van der Waals surface area contributed by atoms with Crippen molar-refractivity contribution in [2.24, 2.45) is 0 Å². The van der Waals surface area contributed by atoms with Crippen molar-refractivity contribution < 1.29 is 4.39 Å². The Morgan fingerprint density at radius 1 is 1.33 bits per heavy atom. The molecule has 18 heavy (non-hydrogen) atoms. The number of rotatable bonds is 4. The second kappa shape index (κ2) is 6.33. The van der Waals surface area contributed by atoms with Gasteiger partial charge in [0.25, 0.3) is 0 Å². The van der Waals surface area contributed by atoms with E-state index in [0.717, 1.165) is 12.0 Å². The first-order valence-electron chi connectivity index (χ1n) is 7.22. The van der Waals surface area contributed by atoms with Crippen LogP contribution in [0.1, 0.15) is 57.4 Å². The van der Waals surface area contributed by atoms with Crippen LogP contribution in [0, 0.1) is 5.82 Å². The zero-order valence-corrected chi connectivity index (χ0v) is 11.5. The van der Waals surface area contributed by atoms with Crippen LogP contribution < -0.4 is 5.32 Å². The molecule has 0 amide bonds. The van der Waals surface area contributed by atoms with E-state index in [2.05, 4.69) is 19.2 Å². The van der Waals surface area contributed by atoms with Gasteiger partial charge in [-0.1, -0.05) is 44.9 Å². The smallest absolute Gasteiger partial charge is 0.126 e. The summed E-state index contributed by atoms with van der Waals surface area (Å²) >= 11 is 0. The van der Waals surface area contributed by atoms with Crippen LogP contribution in [0.3, 0.4) is 0 Å². The summed E-state index contributed by atoms with van der Waals surface area (Å²) < 4.78 is 13.8. The molecule has 0 spiro atoms. The largest absolute Gasteiger partial charge is 0.311 e. The fourth-order valence-electron chi connectivity index (χ4n) is 3.09. The van der Waals surface area contributed by atoms with Crippen molar-refractivity contribution in [1.29, 1.82) is 0 Å². The van der Waals surface area contributed by atoms with Crippen LogP contribution in [0.15, 0.2) is 24.3 Å². The summed E-state index contributed by atoms with van der Waals surface area (Å²) in [5.41, 5.74) is 0.854. The number of benzene rings is 1. The minimum absolute atomic E-state index is 0.0654. The topological polar surface area (TPSA) is 12.0 Å². The number of nitrogens with one attached hydrogen (secondary N) is 1. The Morgan fingerprint density at radius 2 is 2.11 bits per heavy atom. The Balaban J connectivity index is 2.04. The highest BCUT2D eigenvalue weighted by Crippen LogP contribution is 2.28. The molecule has 1 aromatic carbocycles. The van der Waals surface area contributed by atoms with E-state index in [-0.39, 0.29) is 11.7 Å². The molecule has 3 atom stereocenters. The lowest BCUT2D eigenvalue weighted by molar-refractivity contribution is 0.279. The van der Waals surface area contributed by atoms with E-state index < -0.39 is 0 Å². The van der Waals surface area contributed by atoms with Crippen LogP contribution in [-0.2, 0) is 0 Å². The van der Waals surface area contributed by atoms with E-state index in [1.807, 2.05) is 12.1 Å². The molecule has 0 saturated carbocycles. The Morgan fingerprint density at radius 3 is 2.83 bits per heavy atom. The molecule has 1 fully saturated rings. The molecule has 0 aromatic heterocycles. The second-order valence-corrected chi connectivity index (χ2v) is 5.50. The summed E-state index contributed by atoms with van der Waals surface area (Å²) in [5, 5.41) is 3.71. The molecular weight excluding hydrogens is 225 g/mol. The summed E-state index contributed by atoms with van der Waals surface area (Å²) in [6.45, 7) is 4.37. The maximum atomic E-state index is 13.8. The van der Waals surface area contributed by atoms with Gasteiger partial charge in [0.2, 0.25) is 0 Å². The van der Waals surface area contributed by atoms with Gasteiger partial charge in [-0.15, -0.1) is 0 Å². The standard InChI is InChI=1S/C16H24FN/c1-3-7-13-8-6-11-16(18-13)12(2)14-9-4-5-10-15(14)17/h4-5,9-10,12-13,16,18H,3,6-8,11H2,1-2H3/t12-,13+,16+/m0/s1. The maximum Gasteiger partial charge on any atom is 0.126 e. The molecule has 1 aliphatic heterocycles. The second-order valence-electron chi connectivity index (χ2n) is 5.50. The molecular formula is C16H24FN. The lowest BCUT2D eigenvalue weighted by Gasteiger charge is -2.35. The molecule has 100 valence electrons. The fraction of sp³-hybridized carbons (Fsp3) is 0.625. The first kappa shape index (κ1) is 13.5. The lowest BCUT2D eigenvalue weighted by Crippen LogP contribution is -2.44. The molecule has 1 aromatic rings. The minimum atomic E-state index is -0.0654. The van der Waals surface area contributed by atoms with Gasteiger partial charge in [0, 0.05) is 12.1 Å². The third kappa shape index (κ3) is 3.11. The highest BCUT2D eigenvalue weighted by atomic mass is 19.1. The van der Waals surface area contributed by atoms with Gasteiger partial charge in [-0.05, 0) is 36.8 Å². The quantitative estimate of drug-likeness (QED) is 0.841. The molecule has 0 radical (unpaired) electrons. The monoisotopic (exact) mass is 249 g/mol. The van der Waals surface area contributed by atoms with Crippen molar-refractivity contribution in [1.82, 2.24) is 5.32 Å². The Kier molecular flexibility index (Phi) is 4.76. The maximum absolute atomic E-state index is 13.8. The van der Waals surface area contributed by atoms with Crippen molar-refractivity contribution in [2.75, 3.05) is 0 Å². The summed E-state index contributed by atoms with van der Waals surface area (Å²) in [7, 11) is 0. The van der Waals surface area contributed by atoms with E-state index in [4.69, 9.17) is 0 Å². The lowest BCUT2D eigenvalue weighted by atomic mass is 9.85. The zero-order valence-electron chi connectivity index (χ0n) is 11.5. The van der Waals surface area contributed by atoms with Crippen molar-refractivity contribution in [3.8, 4) is 0 Å². The average molecular weight is 249 g/mol. The van der Waals surface area contributed by atoms with E-state index >= 15 is 0 Å². The van der Waals surface area contributed by atoms with Gasteiger partial charge in [0.1, 0.15) is 5.82 Å². The molecule has 1 N–H and O–H groups in total. The van der Waals surface area contributed by atoms with Gasteiger partial charge in [-0.3, -0.25) is 0 Å². The van der Waals surface area contributed by atoms with E-state index in [1.165, 1.54) is 25.7 Å². The Hall–Kier alpha value is -0.890. The molecule has 1 nitrogen and oxygen atoms in total. The molecule has 0 aliphatic carbocycles. The van der Waals surface area contributed by atoms with Gasteiger partial charge >= 0.3 is 0 Å². The van der Waals surface area contributed by atoms with E-state index in [1.54, 1.807) is 12.1 Å². The third-order valence-electron chi connectivity index (χ3n) is 4.15. The number of hydrogen-bond acceptors (Lipinski definition) is 1. The zero-order chi connectivity index (χ0) is 13.0. The average Bonchev–Trinajstić information content (AvgIpc) is 2.39. The van der Waals surface area contributed by atoms with Crippen molar-refractivity contribution >= 4 is 0 Å². The fourth-order valence-corrected chi connectivity index (χ4v) is 3.09. The molecule has 1 heterocycles. The van der Waals surface area contributed by atoms with Crippen molar-refractivity contribution in [3.63, 3.8) is 0 Å². The minimum Gasteiger partial charge on any atom is -0.311 e. The molecule has 1 aliphatic rings. The molecule has 1 saturated heterocycles. The third-order valence-corrected chi connectivity index (χ3v) is 4.15. The molecule has 2 rings (SSSR count). The summed E-state index contributed by atoms with van der Waals surface area (Å²) in [4.78, 5) is 0.